The van der Waals surface area contributed by atoms with Crippen molar-refractivity contribution < 1.29 is 0 Å². The third kappa shape index (κ3) is 2.18. The number of benzene rings is 1. The first-order chi connectivity index (χ1) is 6.25. The predicted octanol–water partition coefficient (Wildman–Crippen LogP) is 4.08. The molecule has 4 heteroatoms. The van der Waals surface area contributed by atoms with Crippen LogP contribution in [0.25, 0.3) is 11.3 Å². The maximum absolute atomic E-state index is 5.02. The molecule has 1 N–H and O–H groups in total. The average molecular weight is 319 g/mol. The van der Waals surface area contributed by atoms with E-state index in [-0.39, 0.29) is 0 Å². The molecule has 2 rings (SSSR count). The molecule has 0 unspecified atom stereocenters. The fourth-order valence-corrected chi connectivity index (χ4v) is 2.25. The molecule has 0 aliphatic rings. The van der Waals surface area contributed by atoms with Crippen molar-refractivity contribution >= 4 is 46.1 Å². The summed E-state index contributed by atoms with van der Waals surface area (Å²) in [5.41, 5.74) is 2.29. The molecule has 1 nitrogen and oxygen atoms in total. The van der Waals surface area contributed by atoms with Crippen molar-refractivity contribution in [1.29, 1.82) is 0 Å². The Labute approximate surface area is 99.0 Å². The van der Waals surface area contributed by atoms with Gasteiger partial charge in [-0.05, 0) is 52.5 Å². The van der Waals surface area contributed by atoms with E-state index >= 15 is 0 Å². The highest BCUT2D eigenvalue weighted by Crippen LogP contribution is 2.20. The summed E-state index contributed by atoms with van der Waals surface area (Å²) in [6.07, 6.45) is 0. The second kappa shape index (κ2) is 3.89. The van der Waals surface area contributed by atoms with Crippen LogP contribution in [-0.4, -0.2) is 4.98 Å². The largest absolute Gasteiger partial charge is 0.337 e. The molecule has 0 fully saturated rings. The molecule has 1 aromatic carbocycles. The summed E-state index contributed by atoms with van der Waals surface area (Å²) in [5.74, 6) is 0. The summed E-state index contributed by atoms with van der Waals surface area (Å²) in [6, 6.07) is 8.36. The summed E-state index contributed by atoms with van der Waals surface area (Å²) < 4.78 is 2.07. The lowest BCUT2D eigenvalue weighted by atomic mass is 10.2. The molecule has 0 amide bonds. The fourth-order valence-electron chi connectivity index (χ4n) is 1.05. The SMILES string of the molecule is S=c1[nH]c(-c2ccc(I)cc2)cs1. The molecule has 66 valence electrons. The van der Waals surface area contributed by atoms with Gasteiger partial charge < -0.3 is 4.98 Å². The fraction of sp³-hybridized carbons (Fsp3) is 0. The third-order valence-corrected chi connectivity index (χ3v) is 3.46. The predicted molar refractivity (Wildman–Crippen MR) is 67.7 cm³/mol. The number of aromatic amines is 1. The lowest BCUT2D eigenvalue weighted by molar-refractivity contribution is 1.39. The molecule has 0 saturated carbocycles. The minimum atomic E-state index is 0.827. The molecular formula is C9H6INS2. The van der Waals surface area contributed by atoms with Crippen LogP contribution in [0.5, 0.6) is 0 Å². The van der Waals surface area contributed by atoms with Crippen LogP contribution in [0.2, 0.25) is 0 Å². The summed E-state index contributed by atoms with van der Waals surface area (Å²) in [4.78, 5) is 3.14. The van der Waals surface area contributed by atoms with Crippen LogP contribution in [0.3, 0.4) is 0 Å². The minimum absolute atomic E-state index is 0.827. The zero-order chi connectivity index (χ0) is 9.26. The molecule has 0 spiro atoms. The highest BCUT2D eigenvalue weighted by atomic mass is 127. The van der Waals surface area contributed by atoms with Crippen LogP contribution in [0, 0.1) is 7.52 Å². The molecule has 0 saturated heterocycles. The van der Waals surface area contributed by atoms with E-state index in [1.54, 1.807) is 11.3 Å². The highest BCUT2D eigenvalue weighted by Gasteiger charge is 1.97. The van der Waals surface area contributed by atoms with Gasteiger partial charge >= 0.3 is 0 Å². The number of hydrogen-bond acceptors (Lipinski definition) is 2. The number of hydrogen-bond donors (Lipinski definition) is 1. The van der Waals surface area contributed by atoms with Crippen LogP contribution in [0.4, 0.5) is 0 Å². The van der Waals surface area contributed by atoms with Crippen molar-refractivity contribution in [1.82, 2.24) is 4.98 Å². The molecule has 2 aromatic rings. The van der Waals surface area contributed by atoms with E-state index in [1.165, 1.54) is 9.13 Å². The van der Waals surface area contributed by atoms with Crippen LogP contribution in [-0.2, 0) is 0 Å². The quantitative estimate of drug-likeness (QED) is 0.619. The monoisotopic (exact) mass is 319 g/mol. The lowest BCUT2D eigenvalue weighted by Gasteiger charge is -1.96. The number of H-pyrrole nitrogens is 1. The van der Waals surface area contributed by atoms with E-state index in [1.807, 2.05) is 5.38 Å². The zero-order valence-electron chi connectivity index (χ0n) is 6.58. The van der Waals surface area contributed by atoms with Gasteiger partial charge in [0.2, 0.25) is 0 Å². The third-order valence-electron chi connectivity index (χ3n) is 1.68. The van der Waals surface area contributed by atoms with Crippen LogP contribution in [0.1, 0.15) is 0 Å². The van der Waals surface area contributed by atoms with Gasteiger partial charge in [-0.1, -0.05) is 12.1 Å². The van der Waals surface area contributed by atoms with Crippen molar-refractivity contribution in [2.75, 3.05) is 0 Å². The van der Waals surface area contributed by atoms with E-state index in [2.05, 4.69) is 51.8 Å². The van der Waals surface area contributed by atoms with E-state index in [0.717, 1.165) is 9.65 Å². The average Bonchev–Trinajstić information content (AvgIpc) is 2.53. The van der Waals surface area contributed by atoms with Crippen molar-refractivity contribution in [2.24, 2.45) is 0 Å². The van der Waals surface area contributed by atoms with Gasteiger partial charge in [0.25, 0.3) is 0 Å². The van der Waals surface area contributed by atoms with Crippen molar-refractivity contribution in [2.45, 2.75) is 0 Å². The van der Waals surface area contributed by atoms with Crippen LogP contribution >= 0.6 is 46.1 Å². The Hall–Kier alpha value is -0.200. The topological polar surface area (TPSA) is 15.8 Å². The molecule has 13 heavy (non-hydrogen) atoms. The van der Waals surface area contributed by atoms with Gasteiger partial charge in [0.05, 0.1) is 5.69 Å². The lowest BCUT2D eigenvalue weighted by Crippen LogP contribution is -1.76. The van der Waals surface area contributed by atoms with Gasteiger partial charge in [0.1, 0.15) is 0 Å². The van der Waals surface area contributed by atoms with Gasteiger partial charge in [0, 0.05) is 8.95 Å². The summed E-state index contributed by atoms with van der Waals surface area (Å²) >= 11 is 8.87. The first-order valence-electron chi connectivity index (χ1n) is 3.69. The number of halogens is 1. The normalized spacial score (nSPS) is 10.2. The Bertz CT molecular complexity index is 455. The van der Waals surface area contributed by atoms with Crippen LogP contribution < -0.4 is 0 Å². The second-order valence-electron chi connectivity index (χ2n) is 2.57. The molecule has 1 aromatic heterocycles. The second-order valence-corrected chi connectivity index (χ2v) is 5.36. The van der Waals surface area contributed by atoms with Gasteiger partial charge in [-0.3, -0.25) is 0 Å². The van der Waals surface area contributed by atoms with Gasteiger partial charge in [-0.2, -0.15) is 0 Å². The van der Waals surface area contributed by atoms with E-state index in [0.29, 0.717) is 0 Å². The van der Waals surface area contributed by atoms with Crippen molar-refractivity contribution in [3.05, 3.63) is 37.2 Å². The molecule has 0 aliphatic heterocycles. The summed E-state index contributed by atoms with van der Waals surface area (Å²) in [5, 5.41) is 2.05. The first kappa shape index (κ1) is 9.36. The first-order valence-corrected chi connectivity index (χ1v) is 6.06. The molecule has 0 bridgehead atoms. The van der Waals surface area contributed by atoms with Crippen molar-refractivity contribution in [3.63, 3.8) is 0 Å². The molecule has 0 atom stereocenters. The molecule has 1 heterocycles. The zero-order valence-corrected chi connectivity index (χ0v) is 10.4. The summed E-state index contributed by atoms with van der Waals surface area (Å²) in [6.45, 7) is 0. The maximum atomic E-state index is 5.02. The van der Waals surface area contributed by atoms with E-state index in [9.17, 15) is 0 Å². The van der Waals surface area contributed by atoms with E-state index < -0.39 is 0 Å². The number of aromatic nitrogens is 1. The standard InChI is InChI=1S/C9H6INS2/c10-7-3-1-6(2-4-7)8-5-13-9(12)11-8/h1-5H,(H,11,12). The number of thiazole rings is 1. The molecule has 0 aliphatic carbocycles. The van der Waals surface area contributed by atoms with Crippen molar-refractivity contribution in [3.8, 4) is 11.3 Å². The molecule has 0 radical (unpaired) electrons. The van der Waals surface area contributed by atoms with Crippen LogP contribution in [0.15, 0.2) is 29.6 Å². The Morgan fingerprint density at radius 3 is 2.46 bits per heavy atom. The highest BCUT2D eigenvalue weighted by molar-refractivity contribution is 14.1. The van der Waals surface area contributed by atoms with Gasteiger partial charge in [0.15, 0.2) is 3.95 Å². The van der Waals surface area contributed by atoms with E-state index in [4.69, 9.17) is 12.2 Å². The minimum Gasteiger partial charge on any atom is -0.337 e. The van der Waals surface area contributed by atoms with Gasteiger partial charge in [-0.15, -0.1) is 11.3 Å². The molecular weight excluding hydrogens is 313 g/mol. The van der Waals surface area contributed by atoms with Gasteiger partial charge in [-0.25, -0.2) is 0 Å². The Morgan fingerprint density at radius 2 is 1.92 bits per heavy atom. The smallest absolute Gasteiger partial charge is 0.158 e. The Morgan fingerprint density at radius 1 is 1.23 bits per heavy atom. The number of rotatable bonds is 1. The maximum Gasteiger partial charge on any atom is 0.158 e. The Balaban J connectivity index is 2.47. The summed E-state index contributed by atoms with van der Waals surface area (Å²) in [7, 11) is 0. The number of nitrogens with one attached hydrogen (secondary N) is 1. The Kier molecular flexibility index (Phi) is 2.80.